The summed E-state index contributed by atoms with van der Waals surface area (Å²) in [4.78, 5) is 4.49. The van der Waals surface area contributed by atoms with E-state index < -0.39 is 0 Å². The van der Waals surface area contributed by atoms with Gasteiger partial charge in [-0.1, -0.05) is 31.5 Å². The Hall–Kier alpha value is -0.970. The van der Waals surface area contributed by atoms with Gasteiger partial charge in [0.2, 0.25) is 0 Å². The highest BCUT2D eigenvalue weighted by Gasteiger charge is 2.10. The van der Waals surface area contributed by atoms with Gasteiger partial charge in [-0.25, -0.2) is 9.37 Å². The number of hydrogen-bond acceptors (Lipinski definition) is 3. The smallest absolute Gasteiger partial charge is 0.128 e. The van der Waals surface area contributed by atoms with Crippen LogP contribution in [-0.2, 0) is 13.0 Å². The van der Waals surface area contributed by atoms with Gasteiger partial charge in [0.25, 0.3) is 0 Å². The number of aromatic nitrogens is 1. The zero-order valence-corrected chi connectivity index (χ0v) is 12.5. The van der Waals surface area contributed by atoms with Crippen LogP contribution in [0.25, 0.3) is 0 Å². The molecule has 102 valence electrons. The molecule has 5 heteroatoms. The number of halogens is 2. The van der Waals surface area contributed by atoms with Crippen molar-refractivity contribution in [3.63, 3.8) is 0 Å². The molecule has 2 aromatic rings. The lowest BCUT2D eigenvalue weighted by Gasteiger charge is -2.05. The lowest BCUT2D eigenvalue weighted by Crippen LogP contribution is -2.21. The van der Waals surface area contributed by atoms with Gasteiger partial charge in [-0.15, -0.1) is 11.3 Å². The number of rotatable bonds is 5. The third-order valence-corrected chi connectivity index (χ3v) is 3.93. The van der Waals surface area contributed by atoms with Crippen molar-refractivity contribution >= 4 is 22.9 Å². The van der Waals surface area contributed by atoms with Crippen molar-refractivity contribution in [3.8, 4) is 0 Å². The molecule has 0 radical (unpaired) electrons. The Morgan fingerprint density at radius 1 is 1.42 bits per heavy atom. The fourth-order valence-electron chi connectivity index (χ4n) is 1.67. The number of nitrogens with zero attached hydrogens (tertiary/aromatic N) is 1. The molecule has 0 saturated heterocycles. The summed E-state index contributed by atoms with van der Waals surface area (Å²) in [5.74, 6) is -0.274. The average molecular weight is 299 g/mol. The fourth-order valence-corrected chi connectivity index (χ4v) is 2.71. The second-order valence-electron chi connectivity index (χ2n) is 4.65. The molecular formula is C14H16ClFN2S. The third kappa shape index (κ3) is 4.00. The normalized spacial score (nSPS) is 11.2. The van der Waals surface area contributed by atoms with Crippen LogP contribution in [0.5, 0.6) is 0 Å². The predicted octanol–water partition coefficient (Wildman–Crippen LogP) is 4.02. The number of hydrogen-bond donors (Lipinski definition) is 1. The van der Waals surface area contributed by atoms with E-state index in [1.54, 1.807) is 12.1 Å². The molecule has 0 saturated carbocycles. The molecule has 0 aliphatic carbocycles. The Bertz CT molecular complexity index is 534. The lowest BCUT2D eigenvalue weighted by atomic mass is 10.1. The maximum Gasteiger partial charge on any atom is 0.128 e. The maximum absolute atomic E-state index is 13.7. The number of thiazole rings is 1. The summed E-state index contributed by atoms with van der Waals surface area (Å²) in [7, 11) is 0. The Morgan fingerprint density at radius 3 is 2.89 bits per heavy atom. The van der Waals surface area contributed by atoms with E-state index in [0.29, 0.717) is 23.0 Å². The molecule has 0 spiro atoms. The molecule has 1 aromatic carbocycles. The van der Waals surface area contributed by atoms with Gasteiger partial charge in [-0.2, -0.15) is 0 Å². The Morgan fingerprint density at radius 2 is 2.21 bits per heavy atom. The molecule has 0 amide bonds. The van der Waals surface area contributed by atoms with Gasteiger partial charge >= 0.3 is 0 Å². The second-order valence-corrected chi connectivity index (χ2v) is 6.00. The summed E-state index contributed by atoms with van der Waals surface area (Å²) >= 11 is 7.55. The quantitative estimate of drug-likeness (QED) is 0.901. The van der Waals surface area contributed by atoms with Crippen LogP contribution in [0.4, 0.5) is 4.39 Å². The van der Waals surface area contributed by atoms with E-state index in [1.807, 2.05) is 5.38 Å². The van der Waals surface area contributed by atoms with E-state index in [9.17, 15) is 4.39 Å². The average Bonchev–Trinajstić information content (AvgIpc) is 2.79. The lowest BCUT2D eigenvalue weighted by molar-refractivity contribution is 0.582. The van der Waals surface area contributed by atoms with E-state index in [2.05, 4.69) is 24.1 Å². The minimum absolute atomic E-state index is 0.274. The van der Waals surface area contributed by atoms with Gasteiger partial charge in [0.1, 0.15) is 5.82 Å². The summed E-state index contributed by atoms with van der Waals surface area (Å²) in [6.07, 6.45) is 0.442. The molecule has 0 fully saturated rings. The number of benzene rings is 1. The molecule has 0 aliphatic heterocycles. The largest absolute Gasteiger partial charge is 0.309 e. The molecule has 0 bridgehead atoms. The molecule has 0 aliphatic rings. The van der Waals surface area contributed by atoms with Crippen LogP contribution in [0.1, 0.15) is 30.1 Å². The van der Waals surface area contributed by atoms with Crippen LogP contribution in [0.2, 0.25) is 5.02 Å². The molecule has 0 unspecified atom stereocenters. The first-order valence-electron chi connectivity index (χ1n) is 6.16. The minimum Gasteiger partial charge on any atom is -0.309 e. The van der Waals surface area contributed by atoms with Crippen molar-refractivity contribution < 1.29 is 4.39 Å². The highest BCUT2D eigenvalue weighted by atomic mass is 35.5. The SMILES string of the molecule is CC(C)NCc1csc(Cc2c(F)cccc2Cl)n1. The summed E-state index contributed by atoms with van der Waals surface area (Å²) in [5.41, 5.74) is 1.50. The van der Waals surface area contributed by atoms with Gasteiger partial charge < -0.3 is 5.32 Å². The molecular weight excluding hydrogens is 283 g/mol. The molecule has 1 heterocycles. The fraction of sp³-hybridized carbons (Fsp3) is 0.357. The molecule has 0 atom stereocenters. The molecule has 1 N–H and O–H groups in total. The summed E-state index contributed by atoms with van der Waals surface area (Å²) in [5, 5.41) is 6.64. The van der Waals surface area contributed by atoms with Gasteiger partial charge in [0, 0.05) is 35.0 Å². The zero-order valence-electron chi connectivity index (χ0n) is 10.9. The van der Waals surface area contributed by atoms with Crippen molar-refractivity contribution in [3.05, 3.63) is 50.7 Å². The highest BCUT2D eigenvalue weighted by molar-refractivity contribution is 7.09. The van der Waals surface area contributed by atoms with Crippen molar-refractivity contribution in [2.45, 2.75) is 32.9 Å². The zero-order chi connectivity index (χ0) is 13.8. The van der Waals surface area contributed by atoms with E-state index in [4.69, 9.17) is 11.6 Å². The molecule has 2 rings (SSSR count). The van der Waals surface area contributed by atoms with E-state index in [0.717, 1.165) is 17.2 Å². The molecule has 2 nitrogen and oxygen atoms in total. The summed E-state index contributed by atoms with van der Waals surface area (Å²) in [6.45, 7) is 4.91. The van der Waals surface area contributed by atoms with Crippen LogP contribution in [0.15, 0.2) is 23.6 Å². The first-order valence-corrected chi connectivity index (χ1v) is 7.41. The standard InChI is InChI=1S/C14H16ClFN2S/c1-9(2)17-7-10-8-19-14(18-10)6-11-12(15)4-3-5-13(11)16/h3-5,8-9,17H,6-7H2,1-2H3. The monoisotopic (exact) mass is 298 g/mol. The number of nitrogens with one attached hydrogen (secondary N) is 1. The minimum atomic E-state index is -0.274. The van der Waals surface area contributed by atoms with Crippen LogP contribution < -0.4 is 5.32 Å². The van der Waals surface area contributed by atoms with Gasteiger partial charge in [-0.05, 0) is 12.1 Å². The highest BCUT2D eigenvalue weighted by Crippen LogP contribution is 2.23. The third-order valence-electron chi connectivity index (χ3n) is 2.68. The van der Waals surface area contributed by atoms with Crippen LogP contribution in [-0.4, -0.2) is 11.0 Å². The first-order chi connectivity index (χ1) is 9.06. The molecule has 19 heavy (non-hydrogen) atoms. The van der Waals surface area contributed by atoms with Crippen molar-refractivity contribution in [2.75, 3.05) is 0 Å². The van der Waals surface area contributed by atoms with Gasteiger partial charge in [0.05, 0.1) is 10.7 Å². The van der Waals surface area contributed by atoms with Crippen molar-refractivity contribution in [1.82, 2.24) is 10.3 Å². The van der Waals surface area contributed by atoms with E-state index in [-0.39, 0.29) is 5.82 Å². The summed E-state index contributed by atoms with van der Waals surface area (Å²) in [6, 6.07) is 5.16. The maximum atomic E-state index is 13.7. The second kappa shape index (κ2) is 6.46. The van der Waals surface area contributed by atoms with Crippen LogP contribution in [0.3, 0.4) is 0 Å². The van der Waals surface area contributed by atoms with Crippen molar-refractivity contribution in [1.29, 1.82) is 0 Å². The Labute approximate surface area is 121 Å². The summed E-state index contributed by atoms with van der Waals surface area (Å²) < 4.78 is 13.7. The van der Waals surface area contributed by atoms with Crippen LogP contribution >= 0.6 is 22.9 Å². The van der Waals surface area contributed by atoms with Gasteiger partial charge in [-0.3, -0.25) is 0 Å². The topological polar surface area (TPSA) is 24.9 Å². The van der Waals surface area contributed by atoms with Crippen molar-refractivity contribution in [2.24, 2.45) is 0 Å². The van der Waals surface area contributed by atoms with E-state index in [1.165, 1.54) is 17.4 Å². The van der Waals surface area contributed by atoms with Gasteiger partial charge in [0.15, 0.2) is 0 Å². The first kappa shape index (κ1) is 14.4. The molecule has 1 aromatic heterocycles. The Kier molecular flexibility index (Phi) is 4.91. The van der Waals surface area contributed by atoms with E-state index >= 15 is 0 Å². The predicted molar refractivity (Wildman–Crippen MR) is 78.3 cm³/mol. The Balaban J connectivity index is 2.07. The van der Waals surface area contributed by atoms with Crippen LogP contribution in [0, 0.1) is 5.82 Å².